The predicted octanol–water partition coefficient (Wildman–Crippen LogP) is 3.79. The maximum Gasteiger partial charge on any atom is 0.221 e. The molecule has 1 atom stereocenters. The van der Waals surface area contributed by atoms with E-state index < -0.39 is 0 Å². The second kappa shape index (κ2) is 3.84. The van der Waals surface area contributed by atoms with Crippen LogP contribution in [-0.4, -0.2) is 5.91 Å². The van der Waals surface area contributed by atoms with Crippen molar-refractivity contribution in [3.8, 4) is 0 Å². The summed E-state index contributed by atoms with van der Waals surface area (Å²) in [6.07, 6.45) is 1.02. The average molecular weight is 290 g/mol. The highest BCUT2D eigenvalue weighted by molar-refractivity contribution is 9.09. The lowest BCUT2D eigenvalue weighted by atomic mass is 10.0. The quantitative estimate of drug-likeness (QED) is 0.795. The number of carbonyl (C=O) groups is 1. The van der Waals surface area contributed by atoms with Crippen molar-refractivity contribution in [3.63, 3.8) is 0 Å². The smallest absolute Gasteiger partial charge is 0.221 e. The van der Waals surface area contributed by atoms with Crippen LogP contribution in [-0.2, 0) is 11.2 Å². The van der Waals surface area contributed by atoms with Crippen LogP contribution >= 0.6 is 15.9 Å². The molecule has 0 heterocycles. The van der Waals surface area contributed by atoms with E-state index in [-0.39, 0.29) is 5.91 Å². The molecule has 1 amide bonds. The van der Waals surface area contributed by atoms with Crippen molar-refractivity contribution in [2.24, 2.45) is 0 Å². The third-order valence-corrected chi connectivity index (χ3v) is 4.02. The summed E-state index contributed by atoms with van der Waals surface area (Å²) in [5.74, 6) is -0.0286. The molecular weight excluding hydrogens is 278 g/mol. The number of carbonyl (C=O) groups excluding carboxylic acids is 1. The number of nitrogens with one attached hydrogen (secondary N) is 1. The summed E-state index contributed by atoms with van der Waals surface area (Å²) in [5.41, 5.74) is 3.58. The number of halogens is 1. The summed E-state index contributed by atoms with van der Waals surface area (Å²) in [4.78, 5) is 11.6. The van der Waals surface area contributed by atoms with Crippen LogP contribution in [0.4, 0.5) is 5.69 Å². The van der Waals surface area contributed by atoms with Crippen LogP contribution in [0.5, 0.6) is 0 Å². The van der Waals surface area contributed by atoms with Crippen LogP contribution in [0.15, 0.2) is 30.3 Å². The Hall–Kier alpha value is -1.35. The molecule has 1 aliphatic carbocycles. The van der Waals surface area contributed by atoms with Gasteiger partial charge in [0, 0.05) is 22.8 Å². The van der Waals surface area contributed by atoms with Gasteiger partial charge in [-0.1, -0.05) is 40.2 Å². The first-order chi connectivity index (χ1) is 8.16. The maximum absolute atomic E-state index is 11.2. The van der Waals surface area contributed by atoms with E-state index in [9.17, 15) is 4.79 Å². The molecule has 2 aromatic rings. The van der Waals surface area contributed by atoms with Crippen LogP contribution in [0, 0.1) is 0 Å². The number of alkyl halides is 1. The molecule has 1 N–H and O–H groups in total. The van der Waals surface area contributed by atoms with E-state index in [4.69, 9.17) is 0 Å². The summed E-state index contributed by atoms with van der Waals surface area (Å²) >= 11 is 3.70. The van der Waals surface area contributed by atoms with Crippen LogP contribution in [0.3, 0.4) is 0 Å². The van der Waals surface area contributed by atoms with Gasteiger partial charge in [-0.2, -0.15) is 0 Å². The predicted molar refractivity (Wildman–Crippen MR) is 73.6 cm³/mol. The van der Waals surface area contributed by atoms with Crippen LogP contribution in [0.2, 0.25) is 0 Å². The van der Waals surface area contributed by atoms with Crippen molar-refractivity contribution in [2.75, 3.05) is 5.32 Å². The molecule has 0 aromatic heterocycles. The number of amides is 1. The van der Waals surface area contributed by atoms with Gasteiger partial charge in [0.1, 0.15) is 0 Å². The first-order valence-electron chi connectivity index (χ1n) is 5.63. The van der Waals surface area contributed by atoms with E-state index in [1.807, 2.05) is 6.07 Å². The average Bonchev–Trinajstić information content (AvgIpc) is 2.60. The lowest BCUT2D eigenvalue weighted by molar-refractivity contribution is -0.114. The zero-order valence-corrected chi connectivity index (χ0v) is 11.0. The second-order valence-corrected chi connectivity index (χ2v) is 5.50. The Bertz CT molecular complexity index is 621. The normalized spacial score (nSPS) is 17.4. The van der Waals surface area contributed by atoms with Gasteiger partial charge in [-0.3, -0.25) is 4.79 Å². The molecule has 0 saturated carbocycles. The monoisotopic (exact) mass is 289 g/mol. The fraction of sp³-hybridized carbons (Fsp3) is 0.214. The Morgan fingerprint density at radius 3 is 2.94 bits per heavy atom. The van der Waals surface area contributed by atoms with Crippen molar-refractivity contribution in [1.29, 1.82) is 0 Å². The van der Waals surface area contributed by atoms with Gasteiger partial charge in [0.05, 0.1) is 0 Å². The highest BCUT2D eigenvalue weighted by atomic mass is 79.9. The minimum absolute atomic E-state index is 0.0286. The Kier molecular flexibility index (Phi) is 2.44. The molecule has 2 nitrogen and oxygen atoms in total. The summed E-state index contributed by atoms with van der Waals surface area (Å²) in [7, 11) is 0. The van der Waals surface area contributed by atoms with Crippen molar-refractivity contribution in [2.45, 2.75) is 18.2 Å². The van der Waals surface area contributed by atoms with Gasteiger partial charge in [0.25, 0.3) is 0 Å². The van der Waals surface area contributed by atoms with Gasteiger partial charge in [-0.15, -0.1) is 0 Å². The molecule has 1 aliphatic rings. The zero-order valence-electron chi connectivity index (χ0n) is 9.46. The molecule has 0 bridgehead atoms. The minimum Gasteiger partial charge on any atom is -0.326 e. The first kappa shape index (κ1) is 10.8. The zero-order chi connectivity index (χ0) is 12.0. The number of anilines is 1. The molecule has 1 unspecified atom stereocenters. The molecule has 17 heavy (non-hydrogen) atoms. The fourth-order valence-corrected chi connectivity index (χ4v) is 3.27. The van der Waals surface area contributed by atoms with Crippen LogP contribution in [0.25, 0.3) is 10.8 Å². The second-order valence-electron chi connectivity index (χ2n) is 4.39. The molecule has 0 saturated heterocycles. The maximum atomic E-state index is 11.2. The van der Waals surface area contributed by atoms with Crippen molar-refractivity contribution >= 4 is 38.3 Å². The van der Waals surface area contributed by atoms with Gasteiger partial charge in [-0.05, 0) is 29.0 Å². The van der Waals surface area contributed by atoms with Crippen molar-refractivity contribution < 1.29 is 4.79 Å². The summed E-state index contributed by atoms with van der Waals surface area (Å²) in [6, 6.07) is 10.4. The van der Waals surface area contributed by atoms with E-state index in [0.29, 0.717) is 4.83 Å². The minimum atomic E-state index is -0.0286. The third kappa shape index (κ3) is 1.65. The van der Waals surface area contributed by atoms with Gasteiger partial charge in [0.2, 0.25) is 5.91 Å². The van der Waals surface area contributed by atoms with Gasteiger partial charge >= 0.3 is 0 Å². The number of benzene rings is 2. The number of rotatable bonds is 1. The number of hydrogen-bond acceptors (Lipinski definition) is 1. The van der Waals surface area contributed by atoms with E-state index in [1.54, 1.807) is 0 Å². The van der Waals surface area contributed by atoms with Gasteiger partial charge in [0.15, 0.2) is 0 Å². The Balaban J connectivity index is 2.29. The van der Waals surface area contributed by atoms with Gasteiger partial charge in [-0.25, -0.2) is 0 Å². The summed E-state index contributed by atoms with van der Waals surface area (Å²) in [6.45, 7) is 1.54. The van der Waals surface area contributed by atoms with E-state index >= 15 is 0 Å². The largest absolute Gasteiger partial charge is 0.326 e. The summed E-state index contributed by atoms with van der Waals surface area (Å²) in [5, 5.41) is 5.32. The Morgan fingerprint density at radius 2 is 2.18 bits per heavy atom. The Labute approximate surface area is 108 Å². The van der Waals surface area contributed by atoms with Crippen molar-refractivity contribution in [3.05, 3.63) is 41.5 Å². The van der Waals surface area contributed by atoms with E-state index in [1.165, 1.54) is 23.4 Å². The molecule has 3 rings (SSSR count). The lowest BCUT2D eigenvalue weighted by Gasteiger charge is -2.09. The molecule has 0 spiro atoms. The Morgan fingerprint density at radius 1 is 1.35 bits per heavy atom. The SMILES string of the molecule is CC(=O)Nc1ccc2c3c(cccc13)CC2Br. The van der Waals surface area contributed by atoms with E-state index in [0.717, 1.165) is 17.5 Å². The standard InChI is InChI=1S/C14H12BrNO/c1-8(17)16-13-6-5-10-12(15)7-9-3-2-4-11(13)14(9)10/h2-6,12H,7H2,1H3,(H,16,17). The van der Waals surface area contributed by atoms with Crippen molar-refractivity contribution in [1.82, 2.24) is 0 Å². The fourth-order valence-electron chi connectivity index (χ4n) is 2.54. The topological polar surface area (TPSA) is 29.1 Å². The van der Waals surface area contributed by atoms with Gasteiger partial charge < -0.3 is 5.32 Å². The molecule has 86 valence electrons. The molecule has 3 heteroatoms. The number of hydrogen-bond donors (Lipinski definition) is 1. The summed E-state index contributed by atoms with van der Waals surface area (Å²) < 4.78 is 0. The van der Waals surface area contributed by atoms with E-state index in [2.05, 4.69) is 45.5 Å². The molecule has 0 fully saturated rings. The van der Waals surface area contributed by atoms with Crippen LogP contribution < -0.4 is 5.32 Å². The third-order valence-electron chi connectivity index (χ3n) is 3.21. The highest BCUT2D eigenvalue weighted by Gasteiger charge is 2.23. The highest BCUT2D eigenvalue weighted by Crippen LogP contribution is 2.43. The molecule has 2 aromatic carbocycles. The molecule has 0 aliphatic heterocycles. The molecule has 0 radical (unpaired) electrons. The molecular formula is C14H12BrNO. The first-order valence-corrected chi connectivity index (χ1v) is 6.54. The lowest BCUT2D eigenvalue weighted by Crippen LogP contribution is -2.06. The van der Waals surface area contributed by atoms with Crippen LogP contribution in [0.1, 0.15) is 22.9 Å².